The van der Waals surface area contributed by atoms with Gasteiger partial charge in [-0.2, -0.15) is 19.6 Å². The van der Waals surface area contributed by atoms with Gasteiger partial charge in [0.25, 0.3) is 0 Å². The van der Waals surface area contributed by atoms with Crippen molar-refractivity contribution < 1.29 is 4.79 Å². The summed E-state index contributed by atoms with van der Waals surface area (Å²) in [5, 5.41) is 8.57. The van der Waals surface area contributed by atoms with Crippen LogP contribution in [0.4, 0.5) is 4.79 Å². The van der Waals surface area contributed by atoms with Crippen LogP contribution in [-0.2, 0) is 12.8 Å². The molecule has 108 valence electrons. The second-order valence-corrected chi connectivity index (χ2v) is 5.21. The first-order valence-electron chi connectivity index (χ1n) is 7.25. The molecule has 0 radical (unpaired) electrons. The summed E-state index contributed by atoms with van der Waals surface area (Å²) in [6, 6.07) is 1.53. The van der Waals surface area contributed by atoms with Crippen molar-refractivity contribution in [1.29, 1.82) is 0 Å². The van der Waals surface area contributed by atoms with Gasteiger partial charge in [-0.05, 0) is 30.4 Å². The zero-order chi connectivity index (χ0) is 14.7. The van der Waals surface area contributed by atoms with Gasteiger partial charge in [0, 0.05) is 12.4 Å². The molecule has 0 aliphatic rings. The Morgan fingerprint density at radius 3 is 2.60 bits per heavy atom. The molecule has 0 fully saturated rings. The molecule has 20 heavy (non-hydrogen) atoms. The van der Waals surface area contributed by atoms with E-state index in [-0.39, 0.29) is 6.03 Å². The molecule has 0 bridgehead atoms. The van der Waals surface area contributed by atoms with Crippen LogP contribution in [0.15, 0.2) is 18.5 Å². The third-order valence-corrected chi connectivity index (χ3v) is 3.39. The standard InChI is InChI=1S/C15H22N4O/c1-5-8-13-12(6-2)14(11(3)4)17-19(13)15(20)18-10-7-9-16-18/h7,9-11H,5-6,8H2,1-4H3. The number of aromatic nitrogens is 4. The van der Waals surface area contributed by atoms with Crippen LogP contribution in [0.5, 0.6) is 0 Å². The van der Waals surface area contributed by atoms with Gasteiger partial charge in [-0.3, -0.25) is 0 Å². The Balaban J connectivity index is 2.54. The first kappa shape index (κ1) is 14.5. The van der Waals surface area contributed by atoms with Crippen LogP contribution in [0.25, 0.3) is 0 Å². The fourth-order valence-corrected chi connectivity index (χ4v) is 2.48. The third kappa shape index (κ3) is 2.53. The quantitative estimate of drug-likeness (QED) is 0.860. The van der Waals surface area contributed by atoms with E-state index in [1.54, 1.807) is 18.5 Å². The minimum Gasteiger partial charge on any atom is -0.244 e. The summed E-state index contributed by atoms with van der Waals surface area (Å²) in [4.78, 5) is 12.5. The number of carbonyl (C=O) groups excluding carboxylic acids is 1. The molecule has 5 heteroatoms. The molecular formula is C15H22N4O. The summed E-state index contributed by atoms with van der Waals surface area (Å²) < 4.78 is 2.86. The molecule has 2 aromatic rings. The van der Waals surface area contributed by atoms with Gasteiger partial charge in [-0.1, -0.05) is 34.1 Å². The summed E-state index contributed by atoms with van der Waals surface area (Å²) >= 11 is 0. The van der Waals surface area contributed by atoms with Gasteiger partial charge >= 0.3 is 6.03 Å². The highest BCUT2D eigenvalue weighted by atomic mass is 16.2. The summed E-state index contributed by atoms with van der Waals surface area (Å²) in [7, 11) is 0. The summed E-state index contributed by atoms with van der Waals surface area (Å²) in [5.74, 6) is 0.312. The van der Waals surface area contributed by atoms with Gasteiger partial charge in [-0.25, -0.2) is 4.79 Å². The number of hydrogen-bond acceptors (Lipinski definition) is 3. The maximum absolute atomic E-state index is 12.5. The molecule has 0 spiro atoms. The minimum absolute atomic E-state index is 0.208. The molecule has 0 N–H and O–H groups in total. The molecule has 0 aliphatic heterocycles. The van der Waals surface area contributed by atoms with Crippen molar-refractivity contribution in [3.63, 3.8) is 0 Å². The summed E-state index contributed by atoms with van der Waals surface area (Å²) in [6.07, 6.45) is 6.00. The lowest BCUT2D eigenvalue weighted by Gasteiger charge is -2.07. The largest absolute Gasteiger partial charge is 0.369 e. The highest BCUT2D eigenvalue weighted by Gasteiger charge is 2.22. The highest BCUT2D eigenvalue weighted by molar-refractivity contribution is 5.78. The maximum Gasteiger partial charge on any atom is 0.369 e. The van der Waals surface area contributed by atoms with E-state index in [9.17, 15) is 4.79 Å². The average molecular weight is 274 g/mol. The first-order valence-corrected chi connectivity index (χ1v) is 7.25. The summed E-state index contributed by atoms with van der Waals surface area (Å²) in [6.45, 7) is 8.45. The van der Waals surface area contributed by atoms with Crippen LogP contribution in [0, 0.1) is 0 Å². The van der Waals surface area contributed by atoms with Gasteiger partial charge in [0.05, 0.1) is 11.4 Å². The van der Waals surface area contributed by atoms with Gasteiger partial charge in [-0.15, -0.1) is 0 Å². The Bertz CT molecular complexity index is 581. The van der Waals surface area contributed by atoms with Gasteiger partial charge in [0.15, 0.2) is 0 Å². The molecule has 2 aromatic heterocycles. The lowest BCUT2D eigenvalue weighted by atomic mass is 10.0. The van der Waals surface area contributed by atoms with E-state index in [0.29, 0.717) is 5.92 Å². The van der Waals surface area contributed by atoms with Gasteiger partial charge in [0.2, 0.25) is 0 Å². The normalized spacial score (nSPS) is 11.2. The Morgan fingerprint density at radius 1 is 1.35 bits per heavy atom. The van der Waals surface area contributed by atoms with Crippen LogP contribution >= 0.6 is 0 Å². The van der Waals surface area contributed by atoms with Crippen molar-refractivity contribution in [1.82, 2.24) is 19.6 Å². The van der Waals surface area contributed by atoms with Crippen LogP contribution < -0.4 is 0 Å². The monoisotopic (exact) mass is 274 g/mol. The molecule has 0 atom stereocenters. The van der Waals surface area contributed by atoms with Crippen molar-refractivity contribution >= 4 is 6.03 Å². The third-order valence-electron chi connectivity index (χ3n) is 3.39. The van der Waals surface area contributed by atoms with Crippen molar-refractivity contribution in [2.24, 2.45) is 0 Å². The Labute approximate surface area is 119 Å². The molecule has 2 heterocycles. The predicted molar refractivity (Wildman–Crippen MR) is 78.1 cm³/mol. The van der Waals surface area contributed by atoms with E-state index in [1.165, 1.54) is 14.9 Å². The van der Waals surface area contributed by atoms with E-state index < -0.39 is 0 Å². The SMILES string of the molecule is CCCc1c(CC)c(C(C)C)nn1C(=O)n1cccn1. The van der Waals surface area contributed by atoms with E-state index in [1.807, 2.05) is 0 Å². The molecule has 0 aromatic carbocycles. The van der Waals surface area contributed by atoms with Crippen LogP contribution in [0.3, 0.4) is 0 Å². The van der Waals surface area contributed by atoms with Crippen molar-refractivity contribution in [3.05, 3.63) is 35.4 Å². The molecule has 0 unspecified atom stereocenters. The topological polar surface area (TPSA) is 52.7 Å². The Hall–Kier alpha value is -1.91. The molecular weight excluding hydrogens is 252 g/mol. The Morgan fingerprint density at radius 2 is 2.10 bits per heavy atom. The molecule has 0 amide bonds. The van der Waals surface area contributed by atoms with E-state index in [0.717, 1.165) is 30.7 Å². The van der Waals surface area contributed by atoms with Crippen molar-refractivity contribution in [2.75, 3.05) is 0 Å². The zero-order valence-electron chi connectivity index (χ0n) is 12.6. The van der Waals surface area contributed by atoms with Crippen LogP contribution in [-0.4, -0.2) is 25.6 Å². The predicted octanol–water partition coefficient (Wildman–Crippen LogP) is 3.23. The fraction of sp³-hybridized carbons (Fsp3) is 0.533. The molecule has 0 saturated carbocycles. The first-order chi connectivity index (χ1) is 9.60. The molecule has 5 nitrogen and oxygen atoms in total. The lowest BCUT2D eigenvalue weighted by Crippen LogP contribution is -2.23. The van der Waals surface area contributed by atoms with Gasteiger partial charge in [0.1, 0.15) is 0 Å². The fourth-order valence-electron chi connectivity index (χ4n) is 2.48. The number of hydrogen-bond donors (Lipinski definition) is 0. The van der Waals surface area contributed by atoms with E-state index >= 15 is 0 Å². The average Bonchev–Trinajstić information content (AvgIpc) is 3.05. The highest BCUT2D eigenvalue weighted by Crippen LogP contribution is 2.24. The van der Waals surface area contributed by atoms with Crippen molar-refractivity contribution in [2.45, 2.75) is 52.9 Å². The van der Waals surface area contributed by atoms with Gasteiger partial charge < -0.3 is 0 Å². The number of rotatable bonds is 4. The van der Waals surface area contributed by atoms with E-state index in [2.05, 4.69) is 37.9 Å². The lowest BCUT2D eigenvalue weighted by molar-refractivity contribution is 0.237. The van der Waals surface area contributed by atoms with Crippen molar-refractivity contribution in [3.8, 4) is 0 Å². The maximum atomic E-state index is 12.5. The van der Waals surface area contributed by atoms with Crippen LogP contribution in [0.1, 0.15) is 57.0 Å². The molecule has 0 aliphatic carbocycles. The smallest absolute Gasteiger partial charge is 0.244 e. The zero-order valence-corrected chi connectivity index (χ0v) is 12.6. The second kappa shape index (κ2) is 6.03. The molecule has 2 rings (SSSR count). The number of nitrogens with zero attached hydrogens (tertiary/aromatic N) is 4. The molecule has 0 saturated heterocycles. The van der Waals surface area contributed by atoms with Crippen LogP contribution in [0.2, 0.25) is 0 Å². The minimum atomic E-state index is -0.208. The summed E-state index contributed by atoms with van der Waals surface area (Å²) in [5.41, 5.74) is 3.26. The number of carbonyl (C=O) groups is 1. The van der Waals surface area contributed by atoms with E-state index in [4.69, 9.17) is 0 Å². The Kier molecular flexibility index (Phi) is 4.37. The second-order valence-electron chi connectivity index (χ2n) is 5.21.